The molecule has 78 valence electrons. The first-order valence-corrected chi connectivity index (χ1v) is 4.43. The lowest BCUT2D eigenvalue weighted by atomic mass is 10.1. The Hall–Kier alpha value is -2.04. The van der Waals surface area contributed by atoms with E-state index in [1.807, 2.05) is 0 Å². The van der Waals surface area contributed by atoms with Crippen molar-refractivity contribution in [3.8, 4) is 5.75 Å². The third kappa shape index (κ3) is 1.52. The smallest absolute Gasteiger partial charge is 0.326 e. The molecular formula is C10H10N2O3. The summed E-state index contributed by atoms with van der Waals surface area (Å²) in [6.07, 6.45) is 0. The van der Waals surface area contributed by atoms with Crippen molar-refractivity contribution in [2.75, 3.05) is 7.11 Å². The SMILES string of the molecule is COc1cc(C)c2[nH]c(=O)[nH]c(=O)c2c1. The third-order valence-corrected chi connectivity index (χ3v) is 2.25. The topological polar surface area (TPSA) is 75.0 Å². The Kier molecular flexibility index (Phi) is 2.07. The van der Waals surface area contributed by atoms with Crippen molar-refractivity contribution in [1.29, 1.82) is 0 Å². The molecule has 0 saturated heterocycles. The van der Waals surface area contributed by atoms with Gasteiger partial charge in [-0.15, -0.1) is 0 Å². The fourth-order valence-corrected chi connectivity index (χ4v) is 1.53. The van der Waals surface area contributed by atoms with Gasteiger partial charge in [-0.1, -0.05) is 0 Å². The van der Waals surface area contributed by atoms with Crippen LogP contribution in [0.3, 0.4) is 0 Å². The summed E-state index contributed by atoms with van der Waals surface area (Å²) in [7, 11) is 1.53. The molecule has 0 unspecified atom stereocenters. The first-order chi connectivity index (χ1) is 7.11. The number of nitrogens with one attached hydrogen (secondary N) is 2. The lowest BCUT2D eigenvalue weighted by molar-refractivity contribution is 0.415. The van der Waals surface area contributed by atoms with Gasteiger partial charge in [-0.3, -0.25) is 9.78 Å². The van der Waals surface area contributed by atoms with Crippen molar-refractivity contribution < 1.29 is 4.74 Å². The lowest BCUT2D eigenvalue weighted by Gasteiger charge is -2.04. The molecule has 0 amide bonds. The van der Waals surface area contributed by atoms with Gasteiger partial charge in [-0.2, -0.15) is 0 Å². The second-order valence-corrected chi connectivity index (χ2v) is 3.28. The Labute approximate surface area is 84.7 Å². The molecule has 0 spiro atoms. The van der Waals surface area contributed by atoms with Crippen LogP contribution in [0.1, 0.15) is 5.56 Å². The van der Waals surface area contributed by atoms with Gasteiger partial charge in [0.1, 0.15) is 5.75 Å². The van der Waals surface area contributed by atoms with Crippen LogP contribution in [-0.2, 0) is 0 Å². The summed E-state index contributed by atoms with van der Waals surface area (Å²) < 4.78 is 5.04. The molecule has 1 aromatic heterocycles. The predicted molar refractivity (Wildman–Crippen MR) is 56.5 cm³/mol. The Morgan fingerprint density at radius 3 is 2.60 bits per heavy atom. The summed E-state index contributed by atoms with van der Waals surface area (Å²) in [5, 5.41) is 0.423. The van der Waals surface area contributed by atoms with E-state index in [1.165, 1.54) is 7.11 Å². The van der Waals surface area contributed by atoms with Crippen molar-refractivity contribution in [3.63, 3.8) is 0 Å². The van der Waals surface area contributed by atoms with Gasteiger partial charge in [-0.05, 0) is 24.6 Å². The maximum atomic E-state index is 11.5. The van der Waals surface area contributed by atoms with Crippen molar-refractivity contribution in [1.82, 2.24) is 9.97 Å². The van der Waals surface area contributed by atoms with Crippen LogP contribution in [0, 0.1) is 6.92 Å². The number of benzene rings is 1. The van der Waals surface area contributed by atoms with Gasteiger partial charge < -0.3 is 9.72 Å². The number of rotatable bonds is 1. The summed E-state index contributed by atoms with van der Waals surface area (Å²) in [6.45, 7) is 1.81. The molecule has 5 nitrogen and oxygen atoms in total. The van der Waals surface area contributed by atoms with E-state index < -0.39 is 11.2 Å². The second kappa shape index (κ2) is 3.27. The summed E-state index contributed by atoms with van der Waals surface area (Å²) >= 11 is 0. The minimum atomic E-state index is -0.499. The Morgan fingerprint density at radius 1 is 1.20 bits per heavy atom. The maximum Gasteiger partial charge on any atom is 0.326 e. The van der Waals surface area contributed by atoms with E-state index in [2.05, 4.69) is 9.97 Å². The number of hydrogen-bond donors (Lipinski definition) is 2. The number of aromatic amines is 2. The van der Waals surface area contributed by atoms with Gasteiger partial charge in [-0.25, -0.2) is 4.79 Å². The van der Waals surface area contributed by atoms with Crippen molar-refractivity contribution in [3.05, 3.63) is 38.5 Å². The molecule has 0 bridgehead atoms. The van der Waals surface area contributed by atoms with E-state index in [-0.39, 0.29) is 0 Å². The molecule has 0 aliphatic rings. The molecule has 0 aliphatic heterocycles. The highest BCUT2D eigenvalue weighted by molar-refractivity contribution is 5.82. The molecule has 2 rings (SSSR count). The molecule has 5 heteroatoms. The monoisotopic (exact) mass is 206 g/mol. The number of aromatic nitrogens is 2. The zero-order chi connectivity index (χ0) is 11.0. The average molecular weight is 206 g/mol. The van der Waals surface area contributed by atoms with E-state index in [0.717, 1.165) is 5.56 Å². The van der Waals surface area contributed by atoms with Gasteiger partial charge >= 0.3 is 5.69 Å². The molecule has 0 saturated carbocycles. The quantitative estimate of drug-likeness (QED) is 0.714. The van der Waals surface area contributed by atoms with Gasteiger partial charge in [0, 0.05) is 0 Å². The summed E-state index contributed by atoms with van der Waals surface area (Å²) in [5.74, 6) is 0.595. The zero-order valence-electron chi connectivity index (χ0n) is 8.38. The fraction of sp³-hybridized carbons (Fsp3) is 0.200. The molecule has 0 aliphatic carbocycles. The van der Waals surface area contributed by atoms with Crippen LogP contribution in [0.4, 0.5) is 0 Å². The lowest BCUT2D eigenvalue weighted by Crippen LogP contribution is -2.22. The molecule has 2 aromatic rings. The number of methoxy groups -OCH3 is 1. The van der Waals surface area contributed by atoms with Crippen LogP contribution in [0.15, 0.2) is 21.7 Å². The Balaban J connectivity index is 2.98. The predicted octanol–water partition coefficient (Wildman–Crippen LogP) is 0.533. The molecule has 0 radical (unpaired) electrons. The molecule has 15 heavy (non-hydrogen) atoms. The highest BCUT2D eigenvalue weighted by Crippen LogP contribution is 2.19. The van der Waals surface area contributed by atoms with Crippen LogP contribution in [0.5, 0.6) is 5.75 Å². The van der Waals surface area contributed by atoms with E-state index in [0.29, 0.717) is 16.7 Å². The Bertz CT molecular complexity index is 625. The number of aryl methyl sites for hydroxylation is 1. The summed E-state index contributed by atoms with van der Waals surface area (Å²) in [6, 6.07) is 3.36. The van der Waals surface area contributed by atoms with Gasteiger partial charge in [0.15, 0.2) is 0 Å². The fourth-order valence-electron chi connectivity index (χ4n) is 1.53. The van der Waals surface area contributed by atoms with Crippen LogP contribution in [0.2, 0.25) is 0 Å². The third-order valence-electron chi connectivity index (χ3n) is 2.25. The van der Waals surface area contributed by atoms with Crippen LogP contribution in [0.25, 0.3) is 10.9 Å². The first-order valence-electron chi connectivity index (χ1n) is 4.43. The van der Waals surface area contributed by atoms with Crippen molar-refractivity contribution >= 4 is 10.9 Å². The van der Waals surface area contributed by atoms with E-state index in [1.54, 1.807) is 19.1 Å². The Morgan fingerprint density at radius 2 is 1.93 bits per heavy atom. The number of fused-ring (bicyclic) bond motifs is 1. The zero-order valence-corrected chi connectivity index (χ0v) is 8.38. The molecule has 0 atom stereocenters. The minimum Gasteiger partial charge on any atom is -0.497 e. The summed E-state index contributed by atoms with van der Waals surface area (Å²) in [5.41, 5.74) is 0.439. The number of H-pyrrole nitrogens is 2. The van der Waals surface area contributed by atoms with Gasteiger partial charge in [0.25, 0.3) is 5.56 Å². The largest absolute Gasteiger partial charge is 0.497 e. The summed E-state index contributed by atoms with van der Waals surface area (Å²) in [4.78, 5) is 27.3. The first kappa shape index (κ1) is 9.51. The number of hydrogen-bond acceptors (Lipinski definition) is 3. The van der Waals surface area contributed by atoms with Crippen LogP contribution < -0.4 is 16.0 Å². The molecule has 1 aromatic carbocycles. The highest BCUT2D eigenvalue weighted by Gasteiger charge is 2.05. The maximum absolute atomic E-state index is 11.5. The second-order valence-electron chi connectivity index (χ2n) is 3.28. The average Bonchev–Trinajstić information content (AvgIpc) is 2.19. The molecule has 1 heterocycles. The molecule has 0 fully saturated rings. The normalized spacial score (nSPS) is 10.5. The van der Waals surface area contributed by atoms with Gasteiger partial charge in [0.05, 0.1) is 18.0 Å². The number of ether oxygens (including phenoxy) is 1. The molecular weight excluding hydrogens is 196 g/mol. The van der Waals surface area contributed by atoms with Crippen molar-refractivity contribution in [2.24, 2.45) is 0 Å². The van der Waals surface area contributed by atoms with Crippen LogP contribution >= 0.6 is 0 Å². The van der Waals surface area contributed by atoms with Crippen molar-refractivity contribution in [2.45, 2.75) is 6.92 Å². The van der Waals surface area contributed by atoms with E-state index >= 15 is 0 Å². The highest BCUT2D eigenvalue weighted by atomic mass is 16.5. The molecule has 2 N–H and O–H groups in total. The van der Waals surface area contributed by atoms with E-state index in [9.17, 15) is 9.59 Å². The standard InChI is InChI=1S/C10H10N2O3/c1-5-3-6(15-2)4-7-8(5)11-10(14)12-9(7)13/h3-4H,1-2H3,(H2,11,12,13,14). The minimum absolute atomic E-state index is 0.407. The van der Waals surface area contributed by atoms with E-state index in [4.69, 9.17) is 4.74 Å². The van der Waals surface area contributed by atoms with Crippen LogP contribution in [-0.4, -0.2) is 17.1 Å². The van der Waals surface area contributed by atoms with Gasteiger partial charge in [0.2, 0.25) is 0 Å².